The molecule has 1 aliphatic carbocycles. The maximum atomic E-state index is 12.6. The number of methoxy groups -OCH3 is 1. The molecule has 0 spiro atoms. The highest BCUT2D eigenvalue weighted by Crippen LogP contribution is 2.36. The fourth-order valence-electron chi connectivity index (χ4n) is 3.58. The van der Waals surface area contributed by atoms with Crippen LogP contribution in [0.15, 0.2) is 29.3 Å². The van der Waals surface area contributed by atoms with Gasteiger partial charge < -0.3 is 14.5 Å². The Morgan fingerprint density at radius 1 is 1.19 bits per heavy atom. The minimum absolute atomic E-state index is 0.147. The van der Waals surface area contributed by atoms with Crippen molar-refractivity contribution in [3.05, 3.63) is 40.6 Å². The number of hydrogen-bond acceptors (Lipinski definition) is 7. The zero-order chi connectivity index (χ0) is 18.8. The van der Waals surface area contributed by atoms with Crippen LogP contribution in [0.25, 0.3) is 0 Å². The number of ether oxygens (including phenoxy) is 1. The minimum Gasteiger partial charge on any atom is -0.481 e. The molecule has 3 heterocycles. The van der Waals surface area contributed by atoms with Gasteiger partial charge in [0.2, 0.25) is 5.88 Å². The Hall–Kier alpha value is -2.97. The number of anilines is 1. The number of nitrogens with zero attached hydrogens (tertiary/aromatic N) is 5. The van der Waals surface area contributed by atoms with Crippen molar-refractivity contribution in [1.29, 1.82) is 0 Å². The molecule has 142 valence electrons. The molecule has 1 N–H and O–H groups in total. The van der Waals surface area contributed by atoms with E-state index in [4.69, 9.17) is 4.74 Å². The third-order valence-corrected chi connectivity index (χ3v) is 5.08. The third-order valence-electron chi connectivity index (χ3n) is 5.08. The monoisotopic (exact) mass is 370 g/mol. The SMILES string of the molecule is COc1cc(N(C2CC2)C2CCN(C(=O)c3ccc(=O)[nH]n3)CC2)ncn1. The Kier molecular flexibility index (Phi) is 4.74. The predicted molar refractivity (Wildman–Crippen MR) is 97.9 cm³/mol. The fourth-order valence-corrected chi connectivity index (χ4v) is 3.58. The summed E-state index contributed by atoms with van der Waals surface area (Å²) >= 11 is 0. The van der Waals surface area contributed by atoms with Crippen molar-refractivity contribution in [3.8, 4) is 5.88 Å². The van der Waals surface area contributed by atoms with Crippen LogP contribution < -0.4 is 15.2 Å². The Labute approximate surface area is 156 Å². The van der Waals surface area contributed by atoms with E-state index in [0.29, 0.717) is 31.1 Å². The van der Waals surface area contributed by atoms with Crippen molar-refractivity contribution in [2.24, 2.45) is 0 Å². The largest absolute Gasteiger partial charge is 0.481 e. The molecule has 0 atom stereocenters. The summed E-state index contributed by atoms with van der Waals surface area (Å²) in [4.78, 5) is 36.4. The molecule has 2 aromatic rings. The molecule has 0 bridgehead atoms. The van der Waals surface area contributed by atoms with Gasteiger partial charge in [-0.3, -0.25) is 9.59 Å². The van der Waals surface area contributed by atoms with Crippen molar-refractivity contribution in [3.63, 3.8) is 0 Å². The van der Waals surface area contributed by atoms with Gasteiger partial charge in [-0.25, -0.2) is 15.1 Å². The first-order chi connectivity index (χ1) is 13.2. The highest BCUT2D eigenvalue weighted by Gasteiger charge is 2.37. The van der Waals surface area contributed by atoms with Crippen LogP contribution in [0, 0.1) is 0 Å². The van der Waals surface area contributed by atoms with E-state index in [0.717, 1.165) is 31.5 Å². The maximum absolute atomic E-state index is 12.6. The number of carbonyl (C=O) groups is 1. The molecule has 27 heavy (non-hydrogen) atoms. The number of H-pyrrole nitrogens is 1. The molecule has 9 nitrogen and oxygen atoms in total. The molecule has 1 aliphatic heterocycles. The summed E-state index contributed by atoms with van der Waals surface area (Å²) in [6.45, 7) is 1.30. The van der Waals surface area contributed by atoms with Crippen LogP contribution in [-0.4, -0.2) is 63.3 Å². The topological polar surface area (TPSA) is 104 Å². The number of hydrogen-bond donors (Lipinski definition) is 1. The molecule has 1 amide bonds. The van der Waals surface area contributed by atoms with Crippen molar-refractivity contribution >= 4 is 11.7 Å². The molecule has 0 aromatic carbocycles. The van der Waals surface area contributed by atoms with Gasteiger partial charge in [-0.2, -0.15) is 5.10 Å². The van der Waals surface area contributed by atoms with E-state index in [-0.39, 0.29) is 17.2 Å². The van der Waals surface area contributed by atoms with Gasteiger partial charge in [0.1, 0.15) is 17.8 Å². The Bertz CT molecular complexity index is 853. The smallest absolute Gasteiger partial charge is 0.274 e. The molecule has 9 heteroatoms. The van der Waals surface area contributed by atoms with E-state index in [1.165, 1.54) is 18.5 Å². The molecule has 1 saturated heterocycles. The Morgan fingerprint density at radius 2 is 1.93 bits per heavy atom. The first-order valence-corrected chi connectivity index (χ1v) is 9.15. The first kappa shape index (κ1) is 17.4. The van der Waals surface area contributed by atoms with Crippen molar-refractivity contribution < 1.29 is 9.53 Å². The number of piperidine rings is 1. The van der Waals surface area contributed by atoms with Crippen LogP contribution in [-0.2, 0) is 0 Å². The van der Waals surface area contributed by atoms with E-state index >= 15 is 0 Å². The van der Waals surface area contributed by atoms with Gasteiger partial charge in [-0.15, -0.1) is 0 Å². The molecule has 1 saturated carbocycles. The van der Waals surface area contributed by atoms with Gasteiger partial charge in [-0.1, -0.05) is 0 Å². The third kappa shape index (κ3) is 3.76. The molecule has 2 aromatic heterocycles. The van der Waals surface area contributed by atoms with Crippen LogP contribution in [0.4, 0.5) is 5.82 Å². The van der Waals surface area contributed by atoms with Gasteiger partial charge in [0, 0.05) is 37.3 Å². The van der Waals surface area contributed by atoms with Gasteiger partial charge in [0.15, 0.2) is 0 Å². The van der Waals surface area contributed by atoms with Gasteiger partial charge in [-0.05, 0) is 31.7 Å². The van der Waals surface area contributed by atoms with Crippen LogP contribution in [0.5, 0.6) is 5.88 Å². The summed E-state index contributed by atoms with van der Waals surface area (Å²) in [5.74, 6) is 1.30. The Balaban J connectivity index is 1.44. The maximum Gasteiger partial charge on any atom is 0.274 e. The average Bonchev–Trinajstić information content (AvgIpc) is 3.54. The van der Waals surface area contributed by atoms with Gasteiger partial charge in [0.25, 0.3) is 11.5 Å². The second kappa shape index (κ2) is 7.34. The lowest BCUT2D eigenvalue weighted by atomic mass is 10.0. The van der Waals surface area contributed by atoms with Crippen LogP contribution in [0.3, 0.4) is 0 Å². The number of rotatable bonds is 5. The Morgan fingerprint density at radius 3 is 2.56 bits per heavy atom. The second-order valence-corrected chi connectivity index (χ2v) is 6.89. The van der Waals surface area contributed by atoms with E-state index in [2.05, 4.69) is 25.1 Å². The van der Waals surface area contributed by atoms with Crippen LogP contribution >= 0.6 is 0 Å². The molecule has 2 aliphatic rings. The quantitative estimate of drug-likeness (QED) is 0.832. The fraction of sp³-hybridized carbons (Fsp3) is 0.500. The number of aromatic amines is 1. The number of aromatic nitrogens is 4. The molecule has 4 rings (SSSR count). The normalized spacial score (nSPS) is 17.6. The lowest BCUT2D eigenvalue weighted by molar-refractivity contribution is 0.0704. The molecule has 2 fully saturated rings. The zero-order valence-electron chi connectivity index (χ0n) is 15.2. The number of likely N-dealkylation sites (tertiary alicyclic amines) is 1. The standard InChI is InChI=1S/C18H22N6O3/c1-27-17-10-15(19-11-20-17)24(12-2-3-12)13-6-8-23(9-7-13)18(26)14-4-5-16(25)22-21-14/h4-5,10-13H,2-3,6-9H2,1H3,(H,22,25). The van der Waals surface area contributed by atoms with Crippen molar-refractivity contribution in [1.82, 2.24) is 25.1 Å². The van der Waals surface area contributed by atoms with E-state index < -0.39 is 0 Å². The number of carbonyl (C=O) groups excluding carboxylic acids is 1. The number of nitrogens with one attached hydrogen (secondary N) is 1. The van der Waals surface area contributed by atoms with Crippen LogP contribution in [0.1, 0.15) is 36.2 Å². The first-order valence-electron chi connectivity index (χ1n) is 9.15. The molecule has 0 radical (unpaired) electrons. The summed E-state index contributed by atoms with van der Waals surface area (Å²) < 4.78 is 5.24. The highest BCUT2D eigenvalue weighted by atomic mass is 16.5. The van der Waals surface area contributed by atoms with Gasteiger partial charge in [0.05, 0.1) is 7.11 Å². The summed E-state index contributed by atoms with van der Waals surface area (Å²) in [7, 11) is 1.60. The van der Waals surface area contributed by atoms with E-state index in [1.807, 2.05) is 6.07 Å². The van der Waals surface area contributed by atoms with E-state index in [9.17, 15) is 9.59 Å². The second-order valence-electron chi connectivity index (χ2n) is 6.89. The van der Waals surface area contributed by atoms with Gasteiger partial charge >= 0.3 is 0 Å². The minimum atomic E-state index is -0.314. The molecular formula is C18H22N6O3. The predicted octanol–water partition coefficient (Wildman–Crippen LogP) is 0.842. The summed E-state index contributed by atoms with van der Waals surface area (Å²) in [5, 5.41) is 6.16. The lowest BCUT2D eigenvalue weighted by Crippen LogP contribution is -2.48. The summed E-state index contributed by atoms with van der Waals surface area (Å²) in [5.41, 5.74) is -0.0433. The van der Waals surface area contributed by atoms with Crippen molar-refractivity contribution in [2.45, 2.75) is 37.8 Å². The van der Waals surface area contributed by atoms with Crippen molar-refractivity contribution in [2.75, 3.05) is 25.1 Å². The van der Waals surface area contributed by atoms with E-state index in [1.54, 1.807) is 12.0 Å². The zero-order valence-corrected chi connectivity index (χ0v) is 15.2. The average molecular weight is 370 g/mol. The lowest BCUT2D eigenvalue weighted by Gasteiger charge is -2.39. The molecular weight excluding hydrogens is 348 g/mol. The number of amides is 1. The summed E-state index contributed by atoms with van der Waals surface area (Å²) in [6.07, 6.45) is 5.57. The van der Waals surface area contributed by atoms with Crippen LogP contribution in [0.2, 0.25) is 0 Å². The summed E-state index contributed by atoms with van der Waals surface area (Å²) in [6, 6.07) is 5.49. The highest BCUT2D eigenvalue weighted by molar-refractivity contribution is 5.92. The molecule has 0 unspecified atom stereocenters.